The second kappa shape index (κ2) is 11.2. The first-order valence-corrected chi connectivity index (χ1v) is 14.8. The summed E-state index contributed by atoms with van der Waals surface area (Å²) in [6, 6.07) is 1.26. The highest BCUT2D eigenvalue weighted by molar-refractivity contribution is 9.10. The lowest BCUT2D eigenvalue weighted by atomic mass is 9.86. The molecule has 1 aromatic carbocycles. The summed E-state index contributed by atoms with van der Waals surface area (Å²) >= 11 is 9.56. The molecule has 0 spiro atoms. The molecule has 216 valence electrons. The summed E-state index contributed by atoms with van der Waals surface area (Å²) in [5.74, 6) is -0.831. The number of ether oxygens (including phenoxy) is 2. The lowest BCUT2D eigenvalue weighted by molar-refractivity contribution is 0.00988. The minimum absolute atomic E-state index is 0.0236. The van der Waals surface area contributed by atoms with Gasteiger partial charge < -0.3 is 14.3 Å². The van der Waals surface area contributed by atoms with Crippen LogP contribution in [0.15, 0.2) is 10.5 Å². The Morgan fingerprint density at radius 3 is 2.85 bits per heavy atom. The maximum Gasteiger partial charge on any atom is 0.410 e. The number of benzene rings is 1. The molecule has 1 amide bonds. The lowest BCUT2D eigenvalue weighted by Gasteiger charge is -2.37. The second-order valence-corrected chi connectivity index (χ2v) is 13.2. The highest BCUT2D eigenvalue weighted by atomic mass is 79.9. The molecular weight excluding hydrogens is 608 g/mol. The topological polar surface area (TPSA) is 72.2 Å². The van der Waals surface area contributed by atoms with Gasteiger partial charge in [-0.05, 0) is 75.0 Å². The van der Waals surface area contributed by atoms with E-state index in [-0.39, 0.29) is 40.1 Å². The van der Waals surface area contributed by atoms with Crippen LogP contribution in [0.25, 0.3) is 15.7 Å². The van der Waals surface area contributed by atoms with Gasteiger partial charge in [0.15, 0.2) is 5.82 Å². The summed E-state index contributed by atoms with van der Waals surface area (Å²) in [5.41, 5.74) is -0.439. The Morgan fingerprint density at radius 1 is 1.35 bits per heavy atom. The molecule has 12 heteroatoms. The number of alkyl halides is 1. The van der Waals surface area contributed by atoms with Gasteiger partial charge in [0.25, 0.3) is 0 Å². The van der Waals surface area contributed by atoms with Crippen molar-refractivity contribution in [2.45, 2.75) is 82.1 Å². The van der Waals surface area contributed by atoms with Crippen LogP contribution in [0.5, 0.6) is 6.01 Å². The number of amides is 1. The molecule has 3 aliphatic heterocycles. The van der Waals surface area contributed by atoms with E-state index in [1.807, 2.05) is 0 Å². The van der Waals surface area contributed by atoms with Crippen LogP contribution in [-0.2, 0) is 4.74 Å². The molecule has 0 radical (unpaired) electrons. The van der Waals surface area contributed by atoms with Crippen molar-refractivity contribution in [2.24, 2.45) is 0 Å². The van der Waals surface area contributed by atoms with Crippen molar-refractivity contribution in [1.82, 2.24) is 19.8 Å². The number of hydrogen-bond acceptors (Lipinski definition) is 6. The van der Waals surface area contributed by atoms with Crippen molar-refractivity contribution < 1.29 is 23.0 Å². The van der Waals surface area contributed by atoms with Crippen LogP contribution in [0.2, 0.25) is 5.02 Å². The van der Waals surface area contributed by atoms with Crippen molar-refractivity contribution in [1.29, 1.82) is 0 Å². The zero-order valence-corrected chi connectivity index (χ0v) is 25.2. The largest absolute Gasteiger partial charge is 0.461 e. The molecule has 0 bridgehead atoms. The number of carbonyl (C=O) groups is 1. The lowest BCUT2D eigenvalue weighted by Crippen LogP contribution is -2.49. The maximum absolute atomic E-state index is 15.5. The molecule has 0 saturated carbocycles. The quantitative estimate of drug-likeness (QED) is 0.273. The average molecular weight is 641 g/mol. The van der Waals surface area contributed by atoms with Crippen LogP contribution >= 0.6 is 27.5 Å². The van der Waals surface area contributed by atoms with Gasteiger partial charge in [-0.15, -0.1) is 0 Å². The third-order valence-electron chi connectivity index (χ3n) is 8.10. The smallest absolute Gasteiger partial charge is 0.410 e. The molecule has 3 saturated heterocycles. The van der Waals surface area contributed by atoms with Gasteiger partial charge in [-0.25, -0.2) is 20.1 Å². The number of likely N-dealkylation sites (tertiary alicyclic amines) is 1. The van der Waals surface area contributed by atoms with E-state index in [4.69, 9.17) is 32.6 Å². The van der Waals surface area contributed by atoms with E-state index in [2.05, 4.69) is 30.7 Å². The van der Waals surface area contributed by atoms with Crippen LogP contribution in [0.4, 0.5) is 13.6 Å². The third-order valence-corrected chi connectivity index (χ3v) is 9.40. The standard InChI is InChI=1S/C28H33BrClF2N5O3/c1-27(2,3)40-26(38)37-9-6-16(10-18(37)13-33-4)23-19-11-20(30)21(29)22(32)24(19)35-25(34-23)39-15-28-7-5-8-36(28)14-17(31)12-28/h11,16-18H,5-10,12-15H2,1-3H3/t16?,17-,18-,28+/m1/s1. The van der Waals surface area contributed by atoms with Crippen LogP contribution in [0.1, 0.15) is 64.5 Å². The highest BCUT2D eigenvalue weighted by Crippen LogP contribution is 2.42. The molecule has 8 nitrogen and oxygen atoms in total. The predicted molar refractivity (Wildman–Crippen MR) is 151 cm³/mol. The first-order valence-electron chi connectivity index (χ1n) is 13.6. The number of halogens is 4. The van der Waals surface area contributed by atoms with E-state index in [9.17, 15) is 9.18 Å². The fourth-order valence-electron chi connectivity index (χ4n) is 6.34. The molecule has 4 atom stereocenters. The Hall–Kier alpha value is -2.29. The molecule has 2 aromatic rings. The zero-order valence-electron chi connectivity index (χ0n) is 22.9. The number of rotatable bonds is 5. The number of nitrogens with zero attached hydrogens (tertiary/aromatic N) is 5. The highest BCUT2D eigenvalue weighted by Gasteiger charge is 2.49. The van der Waals surface area contributed by atoms with E-state index in [1.54, 1.807) is 31.7 Å². The van der Waals surface area contributed by atoms with Crippen LogP contribution in [-0.4, -0.2) is 82.0 Å². The fraction of sp³-hybridized carbons (Fsp3) is 0.643. The molecule has 0 aliphatic carbocycles. The number of hydrogen-bond donors (Lipinski definition) is 0. The van der Waals surface area contributed by atoms with E-state index >= 15 is 4.39 Å². The number of piperidine rings is 1. The minimum atomic E-state index is -0.901. The van der Waals surface area contributed by atoms with Crippen molar-refractivity contribution >= 4 is 44.5 Å². The van der Waals surface area contributed by atoms with Gasteiger partial charge in [0, 0.05) is 30.8 Å². The van der Waals surface area contributed by atoms with E-state index < -0.39 is 35.3 Å². The Balaban J connectivity index is 1.47. The molecular formula is C28H33BrClF2N5O3. The van der Waals surface area contributed by atoms with Crippen molar-refractivity contribution in [2.75, 3.05) is 32.8 Å². The van der Waals surface area contributed by atoms with Crippen LogP contribution in [0.3, 0.4) is 0 Å². The SMILES string of the molecule is [C-]#[N+]C[C@H]1CC(c2nc(OC[C@@]34CCCN3C[C@H](F)C4)nc3c(F)c(Br)c(Cl)cc23)CCN1C(=O)OC(C)(C)C. The van der Waals surface area contributed by atoms with Crippen molar-refractivity contribution in [3.05, 3.63) is 38.5 Å². The predicted octanol–water partition coefficient (Wildman–Crippen LogP) is 6.54. The van der Waals surface area contributed by atoms with Gasteiger partial charge in [-0.2, -0.15) is 9.97 Å². The first kappa shape index (κ1) is 29.2. The van der Waals surface area contributed by atoms with Crippen LogP contribution < -0.4 is 4.74 Å². The molecule has 1 unspecified atom stereocenters. The molecule has 0 N–H and O–H groups in total. The maximum atomic E-state index is 15.5. The molecule has 3 aliphatic rings. The average Bonchev–Trinajstić information content (AvgIpc) is 3.41. The molecule has 3 fully saturated rings. The van der Waals surface area contributed by atoms with E-state index in [0.717, 1.165) is 19.4 Å². The second-order valence-electron chi connectivity index (χ2n) is 12.0. The molecule has 1 aromatic heterocycles. The van der Waals surface area contributed by atoms with Gasteiger partial charge >= 0.3 is 12.1 Å². The zero-order chi connectivity index (χ0) is 28.8. The van der Waals surface area contributed by atoms with Crippen molar-refractivity contribution in [3.63, 3.8) is 0 Å². The summed E-state index contributed by atoms with van der Waals surface area (Å²) in [4.78, 5) is 29.4. The van der Waals surface area contributed by atoms with Gasteiger partial charge in [0.2, 0.25) is 6.54 Å². The Bertz CT molecular complexity index is 1350. The monoisotopic (exact) mass is 639 g/mol. The summed E-state index contributed by atoms with van der Waals surface area (Å²) in [5, 5.41) is 0.647. The summed E-state index contributed by atoms with van der Waals surface area (Å²) in [6.07, 6.45) is 1.78. The number of fused-ring (bicyclic) bond motifs is 2. The van der Waals surface area contributed by atoms with Gasteiger partial charge in [0.1, 0.15) is 29.9 Å². The first-order chi connectivity index (χ1) is 18.9. The molecule has 4 heterocycles. The normalized spacial score (nSPS) is 27.1. The number of carbonyl (C=O) groups excluding carboxylic acids is 1. The van der Waals surface area contributed by atoms with Crippen molar-refractivity contribution in [3.8, 4) is 6.01 Å². The van der Waals surface area contributed by atoms with Gasteiger partial charge in [-0.1, -0.05) is 11.6 Å². The third kappa shape index (κ3) is 5.72. The number of aromatic nitrogens is 2. The Kier molecular flexibility index (Phi) is 8.16. The fourth-order valence-corrected chi connectivity index (χ4v) is 6.83. The van der Waals surface area contributed by atoms with Crippen LogP contribution in [0, 0.1) is 12.4 Å². The summed E-state index contributed by atoms with van der Waals surface area (Å²) in [6.45, 7) is 14.8. The minimum Gasteiger partial charge on any atom is -0.461 e. The summed E-state index contributed by atoms with van der Waals surface area (Å²) in [7, 11) is 0. The molecule has 40 heavy (non-hydrogen) atoms. The van der Waals surface area contributed by atoms with E-state index in [0.29, 0.717) is 43.4 Å². The Morgan fingerprint density at radius 2 is 2.12 bits per heavy atom. The Labute approximate surface area is 246 Å². The van der Waals surface area contributed by atoms with Gasteiger partial charge in [-0.3, -0.25) is 9.80 Å². The molecule has 5 rings (SSSR count). The summed E-state index contributed by atoms with van der Waals surface area (Å²) < 4.78 is 41.6. The van der Waals surface area contributed by atoms with E-state index in [1.165, 1.54) is 0 Å². The van der Waals surface area contributed by atoms with Gasteiger partial charge in [0.05, 0.1) is 20.7 Å².